The number of hydrogen-bond acceptors (Lipinski definition) is 7. The Balaban J connectivity index is 3.67. The number of carbonyl (C=O) groups is 5. The molecule has 1 amide bonds. The molecular formula is C37H67NO8. The smallest absolute Gasteiger partial charge is 0.326 e. The molecule has 46 heavy (non-hydrogen) atoms. The number of unbranched alkanes of at least 4 members (excludes halogenated alkanes) is 15. The van der Waals surface area contributed by atoms with Gasteiger partial charge in [-0.1, -0.05) is 111 Å². The number of Topliss-reactive ketones (excluding diaryl/α,β-unsaturated/α-hetero) is 3. The van der Waals surface area contributed by atoms with E-state index < -0.39 is 17.4 Å². The van der Waals surface area contributed by atoms with Crippen LogP contribution in [0.1, 0.15) is 169 Å². The van der Waals surface area contributed by atoms with Crippen LogP contribution >= 0.6 is 0 Å². The maximum Gasteiger partial charge on any atom is 0.326 e. The van der Waals surface area contributed by atoms with Gasteiger partial charge in [0.25, 0.3) is 0 Å². The highest BCUT2D eigenvalue weighted by Gasteiger charge is 2.21. The van der Waals surface area contributed by atoms with E-state index in [9.17, 15) is 29.1 Å². The summed E-state index contributed by atoms with van der Waals surface area (Å²) >= 11 is 0. The van der Waals surface area contributed by atoms with E-state index in [0.29, 0.717) is 38.4 Å². The van der Waals surface area contributed by atoms with Crippen molar-refractivity contribution in [3.63, 3.8) is 0 Å². The van der Waals surface area contributed by atoms with Gasteiger partial charge in [-0.3, -0.25) is 14.4 Å². The zero-order valence-corrected chi connectivity index (χ0v) is 29.8. The number of hydrogen-bond donors (Lipinski definition) is 2. The average molecular weight is 654 g/mol. The summed E-state index contributed by atoms with van der Waals surface area (Å²) in [6.45, 7) is 8.30. The minimum atomic E-state index is -1.12. The number of carbonyl (C=O) groups excluding carboxylic acids is 4. The molecule has 0 rings (SSSR count). The monoisotopic (exact) mass is 653 g/mol. The first-order chi connectivity index (χ1) is 21.9. The molecule has 0 spiro atoms. The van der Waals surface area contributed by atoms with E-state index in [0.717, 1.165) is 32.1 Å². The molecule has 0 bridgehead atoms. The maximum atomic E-state index is 12.3. The third kappa shape index (κ3) is 29.3. The summed E-state index contributed by atoms with van der Waals surface area (Å²) in [5, 5.41) is 12.1. The molecule has 0 aliphatic carbocycles. The lowest BCUT2D eigenvalue weighted by atomic mass is 9.91. The molecular weight excluding hydrogens is 586 g/mol. The van der Waals surface area contributed by atoms with Crippen LogP contribution < -0.4 is 5.32 Å². The number of carboxylic acid groups (broad SMARTS) is 1. The molecule has 268 valence electrons. The van der Waals surface area contributed by atoms with E-state index in [2.05, 4.69) is 5.32 Å². The van der Waals surface area contributed by atoms with Crippen molar-refractivity contribution in [1.82, 2.24) is 5.32 Å². The van der Waals surface area contributed by atoms with Crippen LogP contribution in [0.15, 0.2) is 0 Å². The Bertz CT molecular complexity index is 836. The van der Waals surface area contributed by atoms with Crippen molar-refractivity contribution >= 4 is 29.2 Å². The highest BCUT2D eigenvalue weighted by molar-refractivity contribution is 5.85. The minimum absolute atomic E-state index is 0.0321. The highest BCUT2D eigenvalue weighted by Crippen LogP contribution is 2.15. The molecule has 0 aliphatic rings. The van der Waals surface area contributed by atoms with Gasteiger partial charge in [0.05, 0.1) is 13.2 Å². The summed E-state index contributed by atoms with van der Waals surface area (Å²) in [7, 11) is 0. The van der Waals surface area contributed by atoms with Gasteiger partial charge in [0, 0.05) is 37.7 Å². The van der Waals surface area contributed by atoms with Crippen molar-refractivity contribution in [2.75, 3.05) is 26.4 Å². The fourth-order valence-corrected chi connectivity index (χ4v) is 5.06. The van der Waals surface area contributed by atoms with E-state index in [1.807, 2.05) is 20.8 Å². The molecule has 0 heterocycles. The number of rotatable bonds is 33. The van der Waals surface area contributed by atoms with Crippen LogP contribution in [0.25, 0.3) is 0 Å². The van der Waals surface area contributed by atoms with Crippen molar-refractivity contribution in [1.29, 1.82) is 0 Å². The maximum absolute atomic E-state index is 12.3. The molecule has 0 saturated carbocycles. The molecule has 0 aromatic heterocycles. The van der Waals surface area contributed by atoms with Crippen LogP contribution in [-0.4, -0.2) is 66.8 Å². The lowest BCUT2D eigenvalue weighted by Crippen LogP contribution is -2.41. The van der Waals surface area contributed by atoms with Crippen LogP contribution in [0.3, 0.4) is 0 Å². The Morgan fingerprint density at radius 1 is 0.587 bits per heavy atom. The quantitative estimate of drug-likeness (QED) is 0.0681. The summed E-state index contributed by atoms with van der Waals surface area (Å²) in [6, 6.07) is -1.05. The predicted molar refractivity (Wildman–Crippen MR) is 183 cm³/mol. The van der Waals surface area contributed by atoms with Crippen molar-refractivity contribution in [3.05, 3.63) is 0 Å². The standard InChI is InChI=1S/C37H67NO8/c1-31(39)22-19-17-15-13-11-9-7-5-6-8-10-12-14-16-18-20-24-35(42)38-33(36(43)44)26-25-32(40)23-21-27-45-28-29-46-30-34(41)37(2,3)4/h33H,5-30H2,1-4H3,(H,38,42)(H,43,44)/t33-/m0/s1. The molecule has 2 N–H and O–H groups in total. The number of nitrogens with one attached hydrogen (secondary N) is 1. The molecule has 0 radical (unpaired) electrons. The van der Waals surface area contributed by atoms with Crippen LogP contribution in [-0.2, 0) is 33.4 Å². The molecule has 0 aromatic carbocycles. The molecule has 0 fully saturated rings. The van der Waals surface area contributed by atoms with Gasteiger partial charge in [-0.05, 0) is 32.6 Å². The first-order valence-electron chi connectivity index (χ1n) is 18.2. The van der Waals surface area contributed by atoms with E-state index in [1.54, 1.807) is 6.92 Å². The summed E-state index contributed by atoms with van der Waals surface area (Å²) in [5.41, 5.74) is -0.427. The second kappa shape index (κ2) is 29.0. The van der Waals surface area contributed by atoms with Gasteiger partial charge in [-0.15, -0.1) is 0 Å². The van der Waals surface area contributed by atoms with Gasteiger partial charge in [0.1, 0.15) is 24.2 Å². The number of amides is 1. The largest absolute Gasteiger partial charge is 0.480 e. The fraction of sp³-hybridized carbons (Fsp3) is 0.865. The third-order valence-corrected chi connectivity index (χ3v) is 8.21. The predicted octanol–water partition coefficient (Wildman–Crippen LogP) is 7.94. The summed E-state index contributed by atoms with van der Waals surface area (Å²) in [5.74, 6) is -1.11. The minimum Gasteiger partial charge on any atom is -0.480 e. The number of ketones is 3. The molecule has 0 aliphatic heterocycles. The molecule has 9 nitrogen and oxygen atoms in total. The summed E-state index contributed by atoms with van der Waals surface area (Å²) in [6.07, 6.45) is 21.1. The first-order valence-corrected chi connectivity index (χ1v) is 18.2. The van der Waals surface area contributed by atoms with Gasteiger partial charge >= 0.3 is 5.97 Å². The van der Waals surface area contributed by atoms with Gasteiger partial charge in [0.2, 0.25) is 5.91 Å². The first kappa shape index (κ1) is 43.9. The second-order valence-corrected chi connectivity index (χ2v) is 13.8. The van der Waals surface area contributed by atoms with E-state index in [-0.39, 0.29) is 43.3 Å². The van der Waals surface area contributed by atoms with Crippen LogP contribution in [0.4, 0.5) is 0 Å². The van der Waals surface area contributed by atoms with Gasteiger partial charge in [0.15, 0.2) is 5.78 Å². The van der Waals surface area contributed by atoms with Crippen molar-refractivity contribution in [3.8, 4) is 0 Å². The van der Waals surface area contributed by atoms with Crippen LogP contribution in [0, 0.1) is 5.41 Å². The van der Waals surface area contributed by atoms with Crippen LogP contribution in [0.2, 0.25) is 0 Å². The summed E-state index contributed by atoms with van der Waals surface area (Å²) < 4.78 is 10.7. The van der Waals surface area contributed by atoms with Gasteiger partial charge in [-0.25, -0.2) is 4.79 Å². The lowest BCUT2D eigenvalue weighted by Gasteiger charge is -2.16. The van der Waals surface area contributed by atoms with Crippen molar-refractivity contribution in [2.24, 2.45) is 5.41 Å². The Morgan fingerprint density at radius 2 is 1.04 bits per heavy atom. The Morgan fingerprint density at radius 3 is 1.50 bits per heavy atom. The molecule has 0 unspecified atom stereocenters. The van der Waals surface area contributed by atoms with Crippen molar-refractivity contribution < 1.29 is 38.6 Å². The third-order valence-electron chi connectivity index (χ3n) is 8.21. The molecule has 0 saturated heterocycles. The lowest BCUT2D eigenvalue weighted by molar-refractivity contribution is -0.142. The van der Waals surface area contributed by atoms with Crippen molar-refractivity contribution in [2.45, 2.75) is 175 Å². The SMILES string of the molecule is CC(=O)CCCCCCCCCCCCCCCCCCC(=O)N[C@@H](CCC(=O)CCCOCCOCC(=O)C(C)(C)C)C(=O)O. The zero-order chi connectivity index (χ0) is 34.5. The second-order valence-electron chi connectivity index (χ2n) is 13.8. The zero-order valence-electron chi connectivity index (χ0n) is 29.8. The molecule has 0 aromatic rings. The Hall–Kier alpha value is -2.13. The number of carboxylic acids is 1. The van der Waals surface area contributed by atoms with Crippen LogP contribution in [0.5, 0.6) is 0 Å². The molecule has 9 heteroatoms. The average Bonchev–Trinajstić information content (AvgIpc) is 2.98. The number of ether oxygens (including phenoxy) is 2. The van der Waals surface area contributed by atoms with E-state index in [4.69, 9.17) is 9.47 Å². The van der Waals surface area contributed by atoms with E-state index >= 15 is 0 Å². The normalized spacial score (nSPS) is 12.2. The Kier molecular flexibility index (Phi) is 27.7. The topological polar surface area (TPSA) is 136 Å². The van der Waals surface area contributed by atoms with Gasteiger partial charge in [-0.2, -0.15) is 0 Å². The van der Waals surface area contributed by atoms with Gasteiger partial charge < -0.3 is 24.7 Å². The highest BCUT2D eigenvalue weighted by atomic mass is 16.5. The Labute approximate surface area is 279 Å². The molecule has 1 atom stereocenters. The van der Waals surface area contributed by atoms with E-state index in [1.165, 1.54) is 77.0 Å². The fourth-order valence-electron chi connectivity index (χ4n) is 5.06. The number of aliphatic carboxylic acids is 1. The summed E-state index contributed by atoms with van der Waals surface area (Å²) in [4.78, 5) is 58.8.